The van der Waals surface area contributed by atoms with Crippen molar-refractivity contribution in [3.63, 3.8) is 0 Å². The number of hydrogen-bond donors (Lipinski definition) is 0. The molecule has 0 amide bonds. The fraction of sp³-hybridized carbons (Fsp3) is 0.0625. The van der Waals surface area contributed by atoms with Gasteiger partial charge in [0.05, 0.1) is 6.19 Å². The number of benzene rings is 5. The van der Waals surface area contributed by atoms with Crippen LogP contribution in [0.3, 0.4) is 0 Å². The van der Waals surface area contributed by atoms with E-state index in [1.54, 1.807) is 0 Å². The van der Waals surface area contributed by atoms with Crippen molar-refractivity contribution in [2.45, 2.75) is 13.0 Å². The summed E-state index contributed by atoms with van der Waals surface area (Å²) in [6.45, 7) is 2.32. The van der Waals surface area contributed by atoms with Crippen LogP contribution < -0.4 is 21.2 Å². The van der Waals surface area contributed by atoms with Crippen LogP contribution in [0.25, 0.3) is 0 Å². The number of hydrogen-bond acceptors (Lipinski definition) is 1. The summed E-state index contributed by atoms with van der Waals surface area (Å²) in [4.78, 5) is 0. The maximum Gasteiger partial charge on any atom is 0.0754 e. The summed E-state index contributed by atoms with van der Waals surface area (Å²) < 4.78 is 2.70. The Balaban J connectivity index is 1.84. The molecule has 1 nitrogen and oxygen atoms in total. The van der Waals surface area contributed by atoms with Gasteiger partial charge in [0.15, 0.2) is 0 Å². The molecule has 5 aromatic carbocycles. The fourth-order valence-corrected chi connectivity index (χ4v) is 13.3. The second-order valence-electron chi connectivity index (χ2n) is 8.64. The van der Waals surface area contributed by atoms with Crippen LogP contribution in [0.5, 0.6) is 0 Å². The summed E-state index contributed by atoms with van der Waals surface area (Å²) in [5, 5.41) is 5.05. The second kappa shape index (κ2) is 11.5. The zero-order chi connectivity index (χ0) is 24.8. The first-order valence-corrected chi connectivity index (χ1v) is 16.2. The van der Waals surface area contributed by atoms with Crippen LogP contribution in [0.1, 0.15) is 18.5 Å². The van der Waals surface area contributed by atoms with Crippen LogP contribution in [0.15, 0.2) is 152 Å². The minimum Gasteiger partial charge on any atom is -0.231 e. The lowest BCUT2D eigenvalue weighted by Gasteiger charge is -2.45. The van der Waals surface area contributed by atoms with Crippen LogP contribution in [0, 0.1) is 0 Å². The van der Waals surface area contributed by atoms with Crippen molar-refractivity contribution in [1.29, 1.82) is 0 Å². The lowest BCUT2D eigenvalue weighted by atomic mass is 10.1. The highest BCUT2D eigenvalue weighted by Crippen LogP contribution is 2.64. The SMILES string of the molecule is CC(c1ccccc1)N(P(c1ccccc1)c1ccccc1)P(=S)(c1ccccc1)c1ccccc1. The van der Waals surface area contributed by atoms with E-state index in [1.165, 1.54) is 26.8 Å². The molecule has 0 aliphatic rings. The van der Waals surface area contributed by atoms with Gasteiger partial charge in [-0.15, -0.1) is 0 Å². The van der Waals surface area contributed by atoms with E-state index in [4.69, 9.17) is 11.8 Å². The Morgan fingerprint density at radius 1 is 0.528 bits per heavy atom. The quantitative estimate of drug-likeness (QED) is 0.200. The van der Waals surface area contributed by atoms with Gasteiger partial charge in [-0.25, -0.2) is 4.44 Å². The van der Waals surface area contributed by atoms with Crippen molar-refractivity contribution in [2.75, 3.05) is 0 Å². The maximum atomic E-state index is 6.96. The molecule has 1 atom stereocenters. The zero-order valence-corrected chi connectivity index (χ0v) is 22.9. The summed E-state index contributed by atoms with van der Waals surface area (Å²) in [7, 11) is -0.934. The predicted octanol–water partition coefficient (Wildman–Crippen LogP) is 7.14. The molecule has 5 rings (SSSR count). The summed E-state index contributed by atoms with van der Waals surface area (Å²) in [5.74, 6) is 0. The molecule has 4 heteroatoms. The van der Waals surface area contributed by atoms with Crippen molar-refractivity contribution >= 4 is 47.3 Å². The average Bonchev–Trinajstić information content (AvgIpc) is 2.97. The number of rotatable bonds is 8. The summed E-state index contributed by atoms with van der Waals surface area (Å²) >= 11 is 6.96. The molecule has 36 heavy (non-hydrogen) atoms. The Morgan fingerprint density at radius 2 is 0.861 bits per heavy atom. The molecule has 178 valence electrons. The smallest absolute Gasteiger partial charge is 0.0754 e. The first-order valence-electron chi connectivity index (χ1n) is 12.2. The van der Waals surface area contributed by atoms with Crippen molar-refractivity contribution in [3.8, 4) is 0 Å². The van der Waals surface area contributed by atoms with Crippen LogP contribution in [-0.2, 0) is 11.8 Å². The third-order valence-electron chi connectivity index (χ3n) is 6.34. The van der Waals surface area contributed by atoms with Crippen LogP contribution in [0.2, 0.25) is 0 Å². The average molecular weight is 522 g/mol. The molecule has 0 spiro atoms. The van der Waals surface area contributed by atoms with Gasteiger partial charge in [-0.1, -0.05) is 163 Å². The highest BCUT2D eigenvalue weighted by atomic mass is 32.4. The standard InChI is InChI=1S/C32H29NP2S/c1-27(28-17-7-2-8-18-28)33(34(29-19-9-3-10-20-29)30-21-11-4-12-22-30)35(36,31-23-13-5-14-24-31)32-25-15-6-16-26-32/h2-27H,1H3. The van der Waals surface area contributed by atoms with E-state index in [9.17, 15) is 0 Å². The zero-order valence-electron chi connectivity index (χ0n) is 20.3. The molecule has 5 aromatic rings. The monoisotopic (exact) mass is 521 g/mol. The van der Waals surface area contributed by atoms with E-state index >= 15 is 0 Å². The third kappa shape index (κ3) is 5.01. The normalized spacial score (nSPS) is 12.5. The Hall–Kier alpha value is -2.86. The van der Waals surface area contributed by atoms with E-state index < -0.39 is 14.3 Å². The fourth-order valence-electron chi connectivity index (χ4n) is 4.58. The molecule has 0 heterocycles. The second-order valence-corrected chi connectivity index (χ2v) is 15.2. The van der Waals surface area contributed by atoms with Gasteiger partial charge in [0, 0.05) is 24.7 Å². The van der Waals surface area contributed by atoms with Gasteiger partial charge in [-0.2, -0.15) is 0 Å². The van der Waals surface area contributed by atoms with Crippen molar-refractivity contribution in [3.05, 3.63) is 157 Å². The molecule has 1 unspecified atom stereocenters. The van der Waals surface area contributed by atoms with Gasteiger partial charge >= 0.3 is 0 Å². The van der Waals surface area contributed by atoms with E-state index in [-0.39, 0.29) is 6.04 Å². The van der Waals surface area contributed by atoms with Crippen LogP contribution in [-0.4, -0.2) is 4.44 Å². The van der Waals surface area contributed by atoms with E-state index in [0.29, 0.717) is 0 Å². The lowest BCUT2D eigenvalue weighted by molar-refractivity contribution is 0.565. The minimum atomic E-state index is -2.45. The Bertz CT molecular complexity index is 1330. The molecule has 0 bridgehead atoms. The summed E-state index contributed by atoms with van der Waals surface area (Å²) in [5.41, 5.74) is 1.28. The Kier molecular flexibility index (Phi) is 7.90. The molecule has 0 fully saturated rings. The highest BCUT2D eigenvalue weighted by molar-refractivity contribution is 8.22. The van der Waals surface area contributed by atoms with Gasteiger partial charge in [0.1, 0.15) is 0 Å². The Labute approximate surface area is 221 Å². The lowest BCUT2D eigenvalue weighted by Crippen LogP contribution is -2.36. The molecule has 0 saturated carbocycles. The maximum absolute atomic E-state index is 6.96. The topological polar surface area (TPSA) is 3.24 Å². The number of nitrogens with zero attached hydrogens (tertiary/aromatic N) is 1. The molecule has 0 aromatic heterocycles. The van der Waals surface area contributed by atoms with E-state index in [1.807, 2.05) is 0 Å². The van der Waals surface area contributed by atoms with Gasteiger partial charge < -0.3 is 0 Å². The van der Waals surface area contributed by atoms with E-state index in [0.717, 1.165) is 0 Å². The molecule has 0 radical (unpaired) electrons. The van der Waals surface area contributed by atoms with Crippen molar-refractivity contribution < 1.29 is 0 Å². The van der Waals surface area contributed by atoms with Gasteiger partial charge in [-0.05, 0) is 23.1 Å². The first-order chi connectivity index (χ1) is 17.7. The van der Waals surface area contributed by atoms with Gasteiger partial charge in [0.25, 0.3) is 0 Å². The van der Waals surface area contributed by atoms with Gasteiger partial charge in [0.2, 0.25) is 0 Å². The van der Waals surface area contributed by atoms with E-state index in [2.05, 4.69) is 163 Å². The summed E-state index contributed by atoms with van der Waals surface area (Å²) in [6, 6.07) is 54.3. The molecular formula is C32H29NP2S. The van der Waals surface area contributed by atoms with Crippen molar-refractivity contribution in [2.24, 2.45) is 0 Å². The molecule has 0 saturated heterocycles. The minimum absolute atomic E-state index is 0.101. The van der Waals surface area contributed by atoms with Crippen molar-refractivity contribution in [1.82, 2.24) is 4.44 Å². The predicted molar refractivity (Wildman–Crippen MR) is 162 cm³/mol. The Morgan fingerprint density at radius 3 is 1.25 bits per heavy atom. The van der Waals surface area contributed by atoms with Crippen LogP contribution in [0.4, 0.5) is 0 Å². The van der Waals surface area contributed by atoms with Crippen LogP contribution >= 0.6 is 14.3 Å². The molecule has 0 aliphatic heterocycles. The highest BCUT2D eigenvalue weighted by Gasteiger charge is 2.40. The molecule has 0 N–H and O–H groups in total. The molecule has 0 aliphatic carbocycles. The molecular weight excluding hydrogens is 492 g/mol. The third-order valence-corrected chi connectivity index (χ3v) is 15.1. The van der Waals surface area contributed by atoms with Gasteiger partial charge in [-0.3, -0.25) is 0 Å². The largest absolute Gasteiger partial charge is 0.231 e. The summed E-state index contributed by atoms with van der Waals surface area (Å²) in [6.07, 6.45) is -2.45. The first kappa shape index (κ1) is 24.8.